The van der Waals surface area contributed by atoms with Crippen molar-refractivity contribution in [1.82, 2.24) is 0 Å². The summed E-state index contributed by atoms with van der Waals surface area (Å²) < 4.78 is 79.8. The molecule has 20 N–H and O–H groups in total. The lowest BCUT2D eigenvalue weighted by Gasteiger charge is -2.50. The lowest BCUT2D eigenvalue weighted by molar-refractivity contribution is -0.396. The molecule has 0 aromatic carbocycles. The maximum atomic E-state index is 11.3. The third-order valence-corrected chi connectivity index (χ3v) is 14.7. The Morgan fingerprint density at radius 2 is 0.342 bits per heavy atom. The largest absolute Gasteiger partial charge is 0.394 e. The topological polar surface area (TPSA) is 534 Å². The summed E-state index contributed by atoms with van der Waals surface area (Å²) >= 11 is 0. The van der Waals surface area contributed by atoms with Crippen LogP contribution in [0, 0.1) is 0 Å². The molecule has 21 unspecified atom stereocenters. The van der Waals surface area contributed by atoms with E-state index in [4.69, 9.17) is 66.3 Å². The predicted molar refractivity (Wildman–Crippen MR) is 227 cm³/mol. The van der Waals surface area contributed by atoms with Gasteiger partial charge in [0.2, 0.25) is 0 Å². The van der Waals surface area contributed by atoms with E-state index in [1.165, 1.54) is 6.92 Å². The molecule has 442 valence electrons. The fraction of sp³-hybridized carbons (Fsp3) is 1.00. The first-order valence-corrected chi connectivity index (χ1v) is 24.5. The third-order valence-electron chi connectivity index (χ3n) is 14.7. The molecule has 0 aliphatic carbocycles. The maximum Gasteiger partial charge on any atom is 0.187 e. The van der Waals surface area contributed by atoms with Gasteiger partial charge in [-0.25, -0.2) is 0 Å². The van der Waals surface area contributed by atoms with Gasteiger partial charge in [0.05, 0.1) is 45.7 Å². The van der Waals surface area contributed by atoms with Gasteiger partial charge in [0.15, 0.2) is 44.0 Å². The standard InChI is InChI=1S/C42H70O34/c1-8-29-15(49)22(56)36(63-8)71-30-9(2-43)65-38(24(58)17(30)51)73-32-11(4-45)67-40(26(60)19(32)53)75-34-13(6-47)69-42(28(62)21(34)55)76-35-14(7-48)68-41(27(61)20(35)54)74-33-12(5-46)66-39(25(59)18(33)52)72-31-10(3-44)64-37(70-29)23(57)16(31)50/h8-62H,2-7H2,1H3/t8?,9?,10?,11?,12?,13?,14?,15?,16?,17?,18?,19?,20?,21?,22?,23?,24?,25?,26?,27?,28?,29-,30-,31-,32-,33-,34-,35-,36-,37-,38-,39-,40-,41-,42-/m1/s1. The van der Waals surface area contributed by atoms with Crippen LogP contribution in [-0.4, -0.2) is 357 Å². The summed E-state index contributed by atoms with van der Waals surface area (Å²) in [6.45, 7) is -4.83. The van der Waals surface area contributed by atoms with E-state index in [1.807, 2.05) is 0 Å². The van der Waals surface area contributed by atoms with Gasteiger partial charge in [0, 0.05) is 0 Å². The average molecular weight is 1120 g/mol. The Balaban J connectivity index is 1.07. The maximum absolute atomic E-state index is 11.3. The normalized spacial score (nSPS) is 55.9. The second kappa shape index (κ2) is 25.4. The summed E-state index contributed by atoms with van der Waals surface area (Å²) in [4.78, 5) is 0. The summed E-state index contributed by atoms with van der Waals surface area (Å²) in [7, 11) is 0. The Hall–Kier alpha value is -1.36. The van der Waals surface area contributed by atoms with Crippen LogP contribution in [0.15, 0.2) is 0 Å². The molecule has 21 aliphatic rings. The van der Waals surface area contributed by atoms with E-state index in [0.29, 0.717) is 0 Å². The Kier molecular flexibility index (Phi) is 20.3. The summed E-state index contributed by atoms with van der Waals surface area (Å²) in [6.07, 6.45) is -68.2. The minimum Gasteiger partial charge on any atom is -0.394 e. The first-order valence-electron chi connectivity index (χ1n) is 24.5. The molecule has 0 aromatic heterocycles. The minimum absolute atomic E-state index is 0.999. The van der Waals surface area contributed by atoms with Crippen molar-refractivity contribution < 1.29 is 168 Å². The van der Waals surface area contributed by atoms with Gasteiger partial charge in [-0.1, -0.05) is 0 Å². The lowest BCUT2D eigenvalue weighted by atomic mass is 9.95. The van der Waals surface area contributed by atoms with Crippen LogP contribution in [0.2, 0.25) is 0 Å². The first-order chi connectivity index (χ1) is 36.1. The molecular formula is C42H70O34. The van der Waals surface area contributed by atoms with Crippen LogP contribution in [0.4, 0.5) is 0 Å². The van der Waals surface area contributed by atoms with Gasteiger partial charge < -0.3 is 168 Å². The molecule has 14 bridgehead atoms. The van der Waals surface area contributed by atoms with E-state index in [1.54, 1.807) is 0 Å². The van der Waals surface area contributed by atoms with Crippen molar-refractivity contribution in [3.05, 3.63) is 0 Å². The van der Waals surface area contributed by atoms with Gasteiger partial charge in [-0.15, -0.1) is 0 Å². The molecule has 34 heteroatoms. The van der Waals surface area contributed by atoms with E-state index >= 15 is 0 Å². The second-order valence-electron chi connectivity index (χ2n) is 19.6. The quantitative estimate of drug-likeness (QED) is 0.117. The van der Waals surface area contributed by atoms with E-state index in [2.05, 4.69) is 0 Å². The Labute approximate surface area is 429 Å². The zero-order chi connectivity index (χ0) is 55.3. The Morgan fingerprint density at radius 1 is 0.197 bits per heavy atom. The Morgan fingerprint density at radius 3 is 0.513 bits per heavy atom. The molecule has 0 radical (unpaired) electrons. The van der Waals surface area contributed by atoms with Crippen molar-refractivity contribution in [3.63, 3.8) is 0 Å². The van der Waals surface area contributed by atoms with Crippen molar-refractivity contribution in [2.75, 3.05) is 39.6 Å². The summed E-state index contributed by atoms with van der Waals surface area (Å²) in [5, 5.41) is 220. The minimum atomic E-state index is -2.20. The molecule has 21 heterocycles. The molecule has 0 aromatic rings. The van der Waals surface area contributed by atoms with Crippen LogP contribution in [-0.2, 0) is 66.3 Å². The molecule has 0 amide bonds. The van der Waals surface area contributed by atoms with Gasteiger partial charge in [0.25, 0.3) is 0 Å². The number of hydrogen-bond donors (Lipinski definition) is 20. The number of ether oxygens (including phenoxy) is 14. The monoisotopic (exact) mass is 1120 g/mol. The molecule has 21 aliphatic heterocycles. The van der Waals surface area contributed by atoms with Crippen molar-refractivity contribution in [3.8, 4) is 0 Å². The van der Waals surface area contributed by atoms with Gasteiger partial charge in [-0.2, -0.15) is 0 Å². The van der Waals surface area contributed by atoms with Gasteiger partial charge >= 0.3 is 0 Å². The molecule has 34 nitrogen and oxygen atoms in total. The molecule has 76 heavy (non-hydrogen) atoms. The zero-order valence-electron chi connectivity index (χ0n) is 40.1. The molecule has 21 saturated heterocycles. The predicted octanol–water partition coefficient (Wildman–Crippen LogP) is -14.2. The second-order valence-corrected chi connectivity index (χ2v) is 19.6. The van der Waals surface area contributed by atoms with Gasteiger partial charge in [-0.05, 0) is 6.92 Å². The number of aliphatic hydroxyl groups is 20. The highest BCUT2D eigenvalue weighted by Gasteiger charge is 2.59. The van der Waals surface area contributed by atoms with Crippen LogP contribution >= 0.6 is 0 Å². The molecule has 21 rings (SSSR count). The van der Waals surface area contributed by atoms with Crippen LogP contribution < -0.4 is 0 Å². The van der Waals surface area contributed by atoms with Gasteiger partial charge in [-0.3, -0.25) is 0 Å². The van der Waals surface area contributed by atoms with Gasteiger partial charge in [0.1, 0.15) is 165 Å². The van der Waals surface area contributed by atoms with Crippen LogP contribution in [0.5, 0.6) is 0 Å². The van der Waals surface area contributed by atoms with Crippen LogP contribution in [0.1, 0.15) is 6.92 Å². The zero-order valence-corrected chi connectivity index (χ0v) is 40.1. The highest BCUT2D eigenvalue weighted by molar-refractivity contribution is 5.01. The van der Waals surface area contributed by atoms with Crippen molar-refractivity contribution in [1.29, 1.82) is 0 Å². The van der Waals surface area contributed by atoms with Crippen molar-refractivity contribution in [2.45, 2.75) is 222 Å². The lowest BCUT2D eigenvalue weighted by Crippen LogP contribution is -2.68. The van der Waals surface area contributed by atoms with E-state index in [0.717, 1.165) is 0 Å². The highest BCUT2D eigenvalue weighted by Crippen LogP contribution is 2.39. The first kappa shape index (κ1) is 60.7. The highest BCUT2D eigenvalue weighted by atomic mass is 16.8. The summed E-state index contributed by atoms with van der Waals surface area (Å²) in [6, 6.07) is 0. The molecule has 0 saturated carbocycles. The Bertz CT molecular complexity index is 1800. The van der Waals surface area contributed by atoms with Crippen molar-refractivity contribution >= 4 is 0 Å². The summed E-state index contributed by atoms with van der Waals surface area (Å²) in [5.41, 5.74) is 0. The number of aliphatic hydroxyl groups excluding tert-OH is 20. The SMILES string of the molecule is CC1O[C@@H]2O[C@@H]3C(CO)O[C@H](O[C@@H]4C(CO)O[C@H](O[C@@H]5C(CO)O[C@H](O[C@@H]6C(CO)O[C@H](O[C@@H]7C(CO)O[C@H](O[C@@H]8C(CO)O[C@H](O[C@H]1C(O)C2O)C(O)C8O)C(O)C7O)C(O)C6O)C(O)C5O)C(O)C4O)C(O)C3O. The fourth-order valence-electron chi connectivity index (χ4n) is 10.4. The number of rotatable bonds is 6. The molecular weight excluding hydrogens is 1050 g/mol. The van der Waals surface area contributed by atoms with Crippen LogP contribution in [0.3, 0.4) is 0 Å². The van der Waals surface area contributed by atoms with E-state index in [9.17, 15) is 102 Å². The van der Waals surface area contributed by atoms with E-state index < -0.39 is 255 Å². The molecule has 21 fully saturated rings. The molecule has 35 atom stereocenters. The van der Waals surface area contributed by atoms with Crippen LogP contribution in [0.25, 0.3) is 0 Å². The fourth-order valence-corrected chi connectivity index (χ4v) is 10.4. The molecule has 0 spiro atoms. The number of hydrogen-bond acceptors (Lipinski definition) is 34. The smallest absolute Gasteiger partial charge is 0.187 e. The van der Waals surface area contributed by atoms with Crippen molar-refractivity contribution in [2.24, 2.45) is 0 Å². The average Bonchev–Trinajstić information content (AvgIpc) is 3.42. The van der Waals surface area contributed by atoms with E-state index in [-0.39, 0.29) is 0 Å². The third kappa shape index (κ3) is 11.7. The summed E-state index contributed by atoms with van der Waals surface area (Å²) in [5.74, 6) is 0.